The van der Waals surface area contributed by atoms with E-state index in [2.05, 4.69) is 4.90 Å². The summed E-state index contributed by atoms with van der Waals surface area (Å²) in [5, 5.41) is 8.78. The zero-order valence-electron chi connectivity index (χ0n) is 9.24. The third-order valence-electron chi connectivity index (χ3n) is 3.90. The van der Waals surface area contributed by atoms with Gasteiger partial charge in [-0.05, 0) is 18.8 Å². The van der Waals surface area contributed by atoms with Gasteiger partial charge in [-0.2, -0.15) is 0 Å². The highest BCUT2D eigenvalue weighted by atomic mass is 16.5. The molecule has 1 saturated carbocycles. The standard InChI is InChI=1S/C11H19NO3/c1-15-8-11-4-2-3-9(11)5-12(7-11)6-10(13)14/h9H,2-8H2,1H3,(H,13,14)/t9-,11+/m0/s1. The molecule has 1 N–H and O–H groups in total. The maximum absolute atomic E-state index is 10.7. The Morgan fingerprint density at radius 1 is 1.67 bits per heavy atom. The highest BCUT2D eigenvalue weighted by molar-refractivity contribution is 5.69. The number of likely N-dealkylation sites (tertiary alicyclic amines) is 1. The highest BCUT2D eigenvalue weighted by Gasteiger charge is 2.49. The van der Waals surface area contributed by atoms with Gasteiger partial charge in [0, 0.05) is 25.6 Å². The van der Waals surface area contributed by atoms with E-state index in [4.69, 9.17) is 9.84 Å². The molecule has 0 radical (unpaired) electrons. The third kappa shape index (κ3) is 2.01. The largest absolute Gasteiger partial charge is 0.480 e. The minimum Gasteiger partial charge on any atom is -0.480 e. The summed E-state index contributed by atoms with van der Waals surface area (Å²) in [6.45, 7) is 2.81. The number of fused-ring (bicyclic) bond motifs is 1. The second-order valence-corrected chi connectivity index (χ2v) is 4.95. The Balaban J connectivity index is 2.00. The normalized spacial score (nSPS) is 35.7. The Kier molecular flexibility index (Phi) is 2.98. The minimum absolute atomic E-state index is 0.183. The summed E-state index contributed by atoms with van der Waals surface area (Å²) in [5.74, 6) is -0.0701. The van der Waals surface area contributed by atoms with E-state index in [0.717, 1.165) is 19.7 Å². The van der Waals surface area contributed by atoms with Crippen molar-refractivity contribution in [2.24, 2.45) is 11.3 Å². The van der Waals surface area contributed by atoms with E-state index in [9.17, 15) is 4.79 Å². The van der Waals surface area contributed by atoms with Gasteiger partial charge in [-0.1, -0.05) is 6.42 Å². The topological polar surface area (TPSA) is 49.8 Å². The van der Waals surface area contributed by atoms with Gasteiger partial charge in [0.25, 0.3) is 0 Å². The number of ether oxygens (including phenoxy) is 1. The molecule has 4 nitrogen and oxygen atoms in total. The van der Waals surface area contributed by atoms with Gasteiger partial charge in [-0.3, -0.25) is 9.69 Å². The van der Waals surface area contributed by atoms with Gasteiger partial charge in [0.05, 0.1) is 13.2 Å². The molecule has 0 spiro atoms. The first-order valence-corrected chi connectivity index (χ1v) is 5.59. The van der Waals surface area contributed by atoms with Crippen molar-refractivity contribution in [1.29, 1.82) is 0 Å². The Hall–Kier alpha value is -0.610. The number of rotatable bonds is 4. The van der Waals surface area contributed by atoms with E-state index in [1.54, 1.807) is 7.11 Å². The summed E-state index contributed by atoms with van der Waals surface area (Å²) in [7, 11) is 1.74. The molecule has 86 valence electrons. The Morgan fingerprint density at radius 2 is 2.47 bits per heavy atom. The van der Waals surface area contributed by atoms with E-state index in [0.29, 0.717) is 5.92 Å². The molecule has 1 aliphatic carbocycles. The van der Waals surface area contributed by atoms with Crippen molar-refractivity contribution >= 4 is 5.97 Å². The molecule has 1 saturated heterocycles. The van der Waals surface area contributed by atoms with Crippen molar-refractivity contribution in [3.8, 4) is 0 Å². The second-order valence-electron chi connectivity index (χ2n) is 4.95. The number of hydrogen-bond acceptors (Lipinski definition) is 3. The Labute approximate surface area is 90.2 Å². The van der Waals surface area contributed by atoms with Gasteiger partial charge in [-0.25, -0.2) is 0 Å². The van der Waals surface area contributed by atoms with Crippen LogP contribution in [-0.2, 0) is 9.53 Å². The van der Waals surface area contributed by atoms with Gasteiger partial charge < -0.3 is 9.84 Å². The summed E-state index contributed by atoms with van der Waals surface area (Å²) in [5.41, 5.74) is 0.254. The van der Waals surface area contributed by atoms with Crippen LogP contribution in [0.3, 0.4) is 0 Å². The molecule has 2 aliphatic rings. The Bertz CT molecular complexity index is 256. The van der Waals surface area contributed by atoms with Crippen LogP contribution >= 0.6 is 0 Å². The summed E-state index contributed by atoms with van der Waals surface area (Å²) < 4.78 is 5.31. The number of nitrogens with zero attached hydrogens (tertiary/aromatic N) is 1. The first-order chi connectivity index (χ1) is 7.16. The first-order valence-electron chi connectivity index (χ1n) is 5.59. The lowest BCUT2D eigenvalue weighted by Gasteiger charge is -2.27. The van der Waals surface area contributed by atoms with Gasteiger partial charge >= 0.3 is 5.97 Å². The lowest BCUT2D eigenvalue weighted by Crippen LogP contribution is -2.33. The van der Waals surface area contributed by atoms with Crippen LogP contribution < -0.4 is 0 Å². The van der Waals surface area contributed by atoms with Crippen molar-refractivity contribution in [1.82, 2.24) is 4.90 Å². The van der Waals surface area contributed by atoms with E-state index >= 15 is 0 Å². The van der Waals surface area contributed by atoms with Gasteiger partial charge in [0.15, 0.2) is 0 Å². The van der Waals surface area contributed by atoms with Crippen molar-refractivity contribution in [2.75, 3.05) is 33.4 Å². The van der Waals surface area contributed by atoms with Gasteiger partial charge in [0.2, 0.25) is 0 Å². The molecule has 2 fully saturated rings. The lowest BCUT2D eigenvalue weighted by molar-refractivity contribution is -0.138. The summed E-state index contributed by atoms with van der Waals surface area (Å²) >= 11 is 0. The number of hydrogen-bond donors (Lipinski definition) is 1. The van der Waals surface area contributed by atoms with Gasteiger partial charge in [-0.15, -0.1) is 0 Å². The molecule has 15 heavy (non-hydrogen) atoms. The predicted molar refractivity (Wildman–Crippen MR) is 55.7 cm³/mol. The fourth-order valence-electron chi connectivity index (χ4n) is 3.36. The fraction of sp³-hybridized carbons (Fsp3) is 0.909. The average molecular weight is 213 g/mol. The number of aliphatic carboxylic acids is 1. The van der Waals surface area contributed by atoms with Crippen LogP contribution in [0.5, 0.6) is 0 Å². The molecule has 0 aromatic carbocycles. The van der Waals surface area contributed by atoms with Crippen LogP contribution in [0.15, 0.2) is 0 Å². The van der Waals surface area contributed by atoms with E-state index in [1.807, 2.05) is 0 Å². The maximum Gasteiger partial charge on any atom is 0.317 e. The maximum atomic E-state index is 10.7. The zero-order chi connectivity index (χ0) is 10.9. The summed E-state index contributed by atoms with van der Waals surface area (Å²) in [4.78, 5) is 12.7. The molecule has 0 amide bonds. The monoisotopic (exact) mass is 213 g/mol. The smallest absolute Gasteiger partial charge is 0.317 e. The third-order valence-corrected chi connectivity index (χ3v) is 3.90. The van der Waals surface area contributed by atoms with Crippen LogP contribution in [0.4, 0.5) is 0 Å². The van der Waals surface area contributed by atoms with Crippen molar-refractivity contribution < 1.29 is 14.6 Å². The molecule has 4 heteroatoms. The van der Waals surface area contributed by atoms with Crippen molar-refractivity contribution in [3.05, 3.63) is 0 Å². The first kappa shape index (κ1) is 10.9. The van der Waals surface area contributed by atoms with E-state index in [1.165, 1.54) is 19.3 Å². The predicted octanol–water partition coefficient (Wildman–Crippen LogP) is 0.820. The molecule has 2 rings (SSSR count). The van der Waals surface area contributed by atoms with Crippen LogP contribution in [0.2, 0.25) is 0 Å². The minimum atomic E-state index is -0.720. The number of methoxy groups -OCH3 is 1. The number of carboxylic acids is 1. The SMILES string of the molecule is COC[C@]12CCC[C@H]1CN(CC(=O)O)C2. The molecular weight excluding hydrogens is 194 g/mol. The molecule has 2 atom stereocenters. The highest BCUT2D eigenvalue weighted by Crippen LogP contribution is 2.48. The average Bonchev–Trinajstić information content (AvgIpc) is 2.59. The van der Waals surface area contributed by atoms with E-state index in [-0.39, 0.29) is 12.0 Å². The molecule has 1 heterocycles. The zero-order valence-corrected chi connectivity index (χ0v) is 9.24. The molecule has 0 aromatic rings. The lowest BCUT2D eigenvalue weighted by atomic mass is 9.82. The van der Waals surface area contributed by atoms with E-state index < -0.39 is 5.97 Å². The number of carboxylic acid groups (broad SMARTS) is 1. The quantitative estimate of drug-likeness (QED) is 0.751. The molecular formula is C11H19NO3. The van der Waals surface area contributed by atoms with Crippen molar-refractivity contribution in [2.45, 2.75) is 19.3 Å². The summed E-state index contributed by atoms with van der Waals surface area (Å²) in [6, 6.07) is 0. The number of carbonyl (C=O) groups is 1. The van der Waals surface area contributed by atoms with Gasteiger partial charge in [0.1, 0.15) is 0 Å². The molecule has 0 aromatic heterocycles. The summed E-state index contributed by atoms with van der Waals surface area (Å²) in [6.07, 6.45) is 3.70. The van der Waals surface area contributed by atoms with Crippen LogP contribution in [0, 0.1) is 11.3 Å². The molecule has 0 bridgehead atoms. The Morgan fingerprint density at radius 3 is 3.13 bits per heavy atom. The second kappa shape index (κ2) is 4.10. The van der Waals surface area contributed by atoms with Crippen LogP contribution in [-0.4, -0.2) is 49.3 Å². The van der Waals surface area contributed by atoms with Crippen LogP contribution in [0.25, 0.3) is 0 Å². The van der Waals surface area contributed by atoms with Crippen molar-refractivity contribution in [3.63, 3.8) is 0 Å². The fourth-order valence-corrected chi connectivity index (χ4v) is 3.36. The molecule has 0 unspecified atom stereocenters. The molecule has 1 aliphatic heterocycles. The van der Waals surface area contributed by atoms with Crippen LogP contribution in [0.1, 0.15) is 19.3 Å².